The lowest BCUT2D eigenvalue weighted by molar-refractivity contribution is -0.124. The quantitative estimate of drug-likeness (QED) is 0.217. The van der Waals surface area contributed by atoms with Gasteiger partial charge in [0, 0.05) is 17.4 Å². The number of benzene rings is 3. The average molecular weight is 556 g/mol. The van der Waals surface area contributed by atoms with Crippen molar-refractivity contribution in [3.63, 3.8) is 0 Å². The van der Waals surface area contributed by atoms with Crippen molar-refractivity contribution in [2.24, 2.45) is 0 Å². The van der Waals surface area contributed by atoms with E-state index < -0.39 is 28.0 Å². The second kappa shape index (κ2) is 11.4. The molecule has 3 N–H and O–H groups in total. The summed E-state index contributed by atoms with van der Waals surface area (Å²) < 4.78 is 33.2. The molecule has 202 valence electrons. The molecule has 0 aliphatic rings. The average Bonchev–Trinajstić information content (AvgIpc) is 3.41. The van der Waals surface area contributed by atoms with Crippen LogP contribution >= 0.6 is 0 Å². The van der Waals surface area contributed by atoms with Gasteiger partial charge in [-0.3, -0.25) is 9.52 Å². The summed E-state index contributed by atoms with van der Waals surface area (Å²) >= 11 is 0. The number of nitrogens with zero attached hydrogens (tertiary/aromatic N) is 2. The summed E-state index contributed by atoms with van der Waals surface area (Å²) in [6.07, 6.45) is 0.626. The molecule has 0 saturated carbocycles. The number of ether oxygens (including phenoxy) is 1. The maximum absolute atomic E-state index is 13.2. The number of pyridine rings is 1. The van der Waals surface area contributed by atoms with E-state index in [1.54, 1.807) is 43.3 Å². The summed E-state index contributed by atoms with van der Waals surface area (Å²) in [7, 11) is -3.86. The van der Waals surface area contributed by atoms with Gasteiger partial charge in [0.1, 0.15) is 11.6 Å². The number of para-hydroxylation sites is 2. The number of anilines is 2. The minimum atomic E-state index is -3.86. The molecule has 11 heteroatoms. The molecule has 1 unspecified atom stereocenters. The normalized spacial score (nSPS) is 12.0. The first-order valence-electron chi connectivity index (χ1n) is 12.4. The van der Waals surface area contributed by atoms with Crippen LogP contribution in [0.25, 0.3) is 22.4 Å². The summed E-state index contributed by atoms with van der Waals surface area (Å²) in [5.74, 6) is -0.507. The smallest absolute Gasteiger partial charge is 0.339 e. The highest BCUT2D eigenvalue weighted by molar-refractivity contribution is 7.92. The monoisotopic (exact) mass is 555 g/mol. The number of carbonyl (C=O) groups excluding carboxylic acids is 2. The van der Waals surface area contributed by atoms with Gasteiger partial charge in [-0.2, -0.15) is 0 Å². The van der Waals surface area contributed by atoms with Crippen molar-refractivity contribution in [1.82, 2.24) is 15.0 Å². The van der Waals surface area contributed by atoms with E-state index in [0.717, 1.165) is 11.0 Å². The number of hydrogen-bond acceptors (Lipinski definition) is 7. The van der Waals surface area contributed by atoms with Crippen LogP contribution in [0.15, 0.2) is 102 Å². The van der Waals surface area contributed by atoms with Gasteiger partial charge in [-0.1, -0.05) is 43.3 Å². The highest BCUT2D eigenvalue weighted by atomic mass is 32.2. The van der Waals surface area contributed by atoms with Crippen LogP contribution in [0.5, 0.6) is 0 Å². The van der Waals surface area contributed by atoms with Gasteiger partial charge in [-0.05, 0) is 61.0 Å². The van der Waals surface area contributed by atoms with E-state index >= 15 is 0 Å². The molecular weight excluding hydrogens is 530 g/mol. The highest BCUT2D eigenvalue weighted by Gasteiger charge is 2.25. The fourth-order valence-corrected chi connectivity index (χ4v) is 5.03. The number of esters is 1. The van der Waals surface area contributed by atoms with Gasteiger partial charge in [0.25, 0.3) is 15.9 Å². The number of fused-ring (bicyclic) bond motifs is 1. The topological polar surface area (TPSA) is 143 Å². The van der Waals surface area contributed by atoms with E-state index in [9.17, 15) is 18.0 Å². The first-order valence-corrected chi connectivity index (χ1v) is 13.9. The molecule has 2 aromatic heterocycles. The van der Waals surface area contributed by atoms with Crippen LogP contribution in [0.3, 0.4) is 0 Å². The maximum atomic E-state index is 13.2. The Morgan fingerprint density at radius 2 is 1.65 bits per heavy atom. The Labute approximate surface area is 230 Å². The molecular formula is C29H25N5O5S. The predicted octanol–water partition coefficient (Wildman–Crippen LogP) is 5.00. The summed E-state index contributed by atoms with van der Waals surface area (Å²) in [4.78, 5) is 37.9. The van der Waals surface area contributed by atoms with Gasteiger partial charge >= 0.3 is 5.97 Å². The number of rotatable bonds is 9. The van der Waals surface area contributed by atoms with Crippen LogP contribution in [0.4, 0.5) is 11.5 Å². The molecule has 1 atom stereocenters. The van der Waals surface area contributed by atoms with Crippen molar-refractivity contribution in [1.29, 1.82) is 0 Å². The molecule has 10 nitrogen and oxygen atoms in total. The Morgan fingerprint density at radius 3 is 2.38 bits per heavy atom. The van der Waals surface area contributed by atoms with Gasteiger partial charge < -0.3 is 15.0 Å². The molecule has 3 aromatic carbocycles. The molecule has 0 bridgehead atoms. The van der Waals surface area contributed by atoms with Crippen LogP contribution in [-0.4, -0.2) is 41.4 Å². The summed E-state index contributed by atoms with van der Waals surface area (Å²) in [5, 5.41) is 2.68. The van der Waals surface area contributed by atoms with Crippen LogP contribution in [0, 0.1) is 0 Å². The Bertz CT molecular complexity index is 1740. The van der Waals surface area contributed by atoms with Crippen molar-refractivity contribution in [2.45, 2.75) is 24.3 Å². The molecule has 5 aromatic rings. The van der Waals surface area contributed by atoms with Crippen LogP contribution < -0.4 is 10.0 Å². The Balaban J connectivity index is 1.27. The molecule has 0 aliphatic heterocycles. The number of amides is 1. The number of aromatic nitrogens is 3. The van der Waals surface area contributed by atoms with E-state index in [0.29, 0.717) is 17.1 Å². The van der Waals surface area contributed by atoms with E-state index in [-0.39, 0.29) is 22.7 Å². The molecule has 2 heterocycles. The lowest BCUT2D eigenvalue weighted by Gasteiger charge is -2.17. The Kier molecular flexibility index (Phi) is 7.56. The van der Waals surface area contributed by atoms with Crippen LogP contribution in [-0.2, 0) is 19.6 Å². The van der Waals surface area contributed by atoms with Crippen LogP contribution in [0.1, 0.15) is 23.7 Å². The van der Waals surface area contributed by atoms with E-state index in [4.69, 9.17) is 4.74 Å². The minimum absolute atomic E-state index is 0.00295. The number of sulfonamides is 1. The molecule has 5 rings (SSSR count). The second-order valence-electron chi connectivity index (χ2n) is 8.78. The number of carbonyl (C=O) groups is 2. The first kappa shape index (κ1) is 26.6. The lowest BCUT2D eigenvalue weighted by Crippen LogP contribution is -2.32. The van der Waals surface area contributed by atoms with Crippen molar-refractivity contribution < 1.29 is 22.7 Å². The Morgan fingerprint density at radius 1 is 0.925 bits per heavy atom. The molecule has 40 heavy (non-hydrogen) atoms. The summed E-state index contributed by atoms with van der Waals surface area (Å²) in [6.45, 7) is 1.72. The highest BCUT2D eigenvalue weighted by Crippen LogP contribution is 2.25. The van der Waals surface area contributed by atoms with Gasteiger partial charge in [0.2, 0.25) is 0 Å². The molecule has 1 amide bonds. The number of hydrogen-bond donors (Lipinski definition) is 3. The van der Waals surface area contributed by atoms with E-state index in [1.165, 1.54) is 36.5 Å². The number of nitrogens with one attached hydrogen (secondary N) is 3. The van der Waals surface area contributed by atoms with Gasteiger partial charge in [-0.15, -0.1) is 0 Å². The Hall–Kier alpha value is -5.03. The molecule has 0 spiro atoms. The lowest BCUT2D eigenvalue weighted by atomic mass is 10.1. The fourth-order valence-electron chi connectivity index (χ4n) is 4.02. The number of H-pyrrole nitrogens is 1. The fraction of sp³-hybridized carbons (Fsp3) is 0.103. The van der Waals surface area contributed by atoms with Crippen molar-refractivity contribution >= 4 is 44.4 Å². The van der Waals surface area contributed by atoms with Gasteiger partial charge in [0.05, 0.1) is 21.5 Å². The first-order chi connectivity index (χ1) is 19.3. The van der Waals surface area contributed by atoms with Crippen LogP contribution in [0.2, 0.25) is 0 Å². The van der Waals surface area contributed by atoms with E-state index in [1.807, 2.05) is 24.3 Å². The van der Waals surface area contributed by atoms with Crippen molar-refractivity contribution in [3.8, 4) is 11.4 Å². The zero-order valence-electron chi connectivity index (χ0n) is 21.4. The molecule has 0 saturated heterocycles. The molecule has 0 aliphatic carbocycles. The van der Waals surface area contributed by atoms with Gasteiger partial charge in [-0.25, -0.2) is 23.2 Å². The zero-order chi connectivity index (χ0) is 28.1. The summed E-state index contributed by atoms with van der Waals surface area (Å²) in [5.41, 5.74) is 2.76. The minimum Gasteiger partial charge on any atom is -0.449 e. The second-order valence-corrected chi connectivity index (χ2v) is 10.5. The molecule has 0 fully saturated rings. The third-order valence-corrected chi connectivity index (χ3v) is 7.41. The third-order valence-electron chi connectivity index (χ3n) is 6.04. The standard InChI is InChI=1S/C29H25N5O5S/c1-2-25(28(35)31-19-14-16-20(17-15-19)40(37,38)34-26-13-7-8-18-30-26)39-29(36)22-10-4-3-9-21(22)27-32-23-11-5-6-12-24(23)33-27/h3-18,25H,2H2,1H3,(H,30,34)(H,31,35)(H,32,33). The SMILES string of the molecule is CCC(OC(=O)c1ccccc1-c1nc2ccccc2[nH]1)C(=O)Nc1ccc(S(=O)(=O)Nc2ccccn2)cc1. The predicted molar refractivity (Wildman–Crippen MR) is 151 cm³/mol. The summed E-state index contributed by atoms with van der Waals surface area (Å²) in [6, 6.07) is 24.9. The number of imidazole rings is 1. The van der Waals surface area contributed by atoms with Crippen molar-refractivity contribution in [2.75, 3.05) is 10.0 Å². The van der Waals surface area contributed by atoms with Crippen molar-refractivity contribution in [3.05, 3.63) is 103 Å². The third kappa shape index (κ3) is 5.84. The largest absolute Gasteiger partial charge is 0.449 e. The van der Waals surface area contributed by atoms with Gasteiger partial charge in [0.15, 0.2) is 6.10 Å². The molecule has 0 radical (unpaired) electrons. The number of aromatic amines is 1. The zero-order valence-corrected chi connectivity index (χ0v) is 22.2. The maximum Gasteiger partial charge on any atom is 0.339 e. The van der Waals surface area contributed by atoms with E-state index in [2.05, 4.69) is 25.0 Å².